The summed E-state index contributed by atoms with van der Waals surface area (Å²) in [7, 11) is 0. The van der Waals surface area contributed by atoms with Crippen LogP contribution in [0.5, 0.6) is 5.75 Å². The number of hydrogen-bond donors (Lipinski definition) is 2. The van der Waals surface area contributed by atoms with Gasteiger partial charge in [0.2, 0.25) is 0 Å². The third-order valence-corrected chi connectivity index (χ3v) is 4.62. The van der Waals surface area contributed by atoms with Crippen molar-refractivity contribution >= 4 is 23.0 Å². The number of aryl methyl sites for hydroxylation is 2. The summed E-state index contributed by atoms with van der Waals surface area (Å²) in [5.74, 6) is -0.255. The average Bonchev–Trinajstić information content (AvgIpc) is 2.69. The van der Waals surface area contributed by atoms with E-state index in [4.69, 9.17) is 9.84 Å². The Morgan fingerprint density at radius 3 is 2.34 bits per heavy atom. The molecule has 2 aromatic carbocycles. The van der Waals surface area contributed by atoms with Crippen LogP contribution in [0.1, 0.15) is 50.7 Å². The molecule has 29 heavy (non-hydrogen) atoms. The zero-order valence-electron chi connectivity index (χ0n) is 16.9. The third-order valence-electron chi connectivity index (χ3n) is 4.62. The van der Waals surface area contributed by atoms with Crippen LogP contribution >= 0.6 is 0 Å². The van der Waals surface area contributed by atoms with Gasteiger partial charge in [0, 0.05) is 24.2 Å². The van der Waals surface area contributed by atoms with E-state index in [1.54, 1.807) is 12.1 Å². The van der Waals surface area contributed by atoms with Gasteiger partial charge < -0.3 is 15.2 Å². The maximum absolute atomic E-state index is 11.4. The van der Waals surface area contributed by atoms with Gasteiger partial charge in [-0.05, 0) is 61.4 Å². The van der Waals surface area contributed by atoms with Gasteiger partial charge in [0.25, 0.3) is 5.69 Å². The quantitative estimate of drug-likeness (QED) is 0.278. The van der Waals surface area contributed by atoms with E-state index >= 15 is 0 Å². The zero-order chi connectivity index (χ0) is 21.2. The van der Waals surface area contributed by atoms with Crippen LogP contribution in [-0.2, 0) is 17.6 Å². The number of carboxylic acid groups (broad SMARTS) is 1. The molecule has 0 aliphatic carbocycles. The molecule has 0 amide bonds. The van der Waals surface area contributed by atoms with E-state index in [2.05, 4.69) is 25.2 Å². The number of nitrogens with one attached hydrogen (secondary N) is 1. The van der Waals surface area contributed by atoms with Crippen molar-refractivity contribution in [1.29, 1.82) is 0 Å². The molecular weight excluding hydrogens is 372 g/mol. The number of nitro benzene ring substituents is 1. The predicted octanol–water partition coefficient (Wildman–Crippen LogP) is 5.49. The molecule has 2 N–H and O–H groups in total. The molecule has 0 fully saturated rings. The van der Waals surface area contributed by atoms with Gasteiger partial charge in [-0.25, -0.2) is 0 Å². The molecule has 0 aromatic heterocycles. The van der Waals surface area contributed by atoms with E-state index in [1.165, 1.54) is 17.2 Å². The minimum absolute atomic E-state index is 0.0150. The van der Waals surface area contributed by atoms with Crippen molar-refractivity contribution in [2.45, 2.75) is 52.4 Å². The molecule has 7 heteroatoms. The average molecular weight is 400 g/mol. The largest absolute Gasteiger partial charge is 0.494 e. The molecule has 7 nitrogen and oxygen atoms in total. The normalized spacial score (nSPS) is 10.6. The van der Waals surface area contributed by atoms with Gasteiger partial charge in [-0.2, -0.15) is 0 Å². The molecule has 0 saturated heterocycles. The van der Waals surface area contributed by atoms with Crippen LogP contribution in [0.15, 0.2) is 36.4 Å². The van der Waals surface area contributed by atoms with Crippen LogP contribution in [0.3, 0.4) is 0 Å². The lowest BCUT2D eigenvalue weighted by Gasteiger charge is -2.13. The number of nitro groups is 1. The Bertz CT molecular complexity index is 829. The molecule has 0 saturated carbocycles. The number of carbonyl (C=O) groups is 1. The molecule has 0 radical (unpaired) electrons. The van der Waals surface area contributed by atoms with E-state index in [9.17, 15) is 14.9 Å². The highest BCUT2D eigenvalue weighted by molar-refractivity contribution is 5.72. The lowest BCUT2D eigenvalue weighted by atomic mass is 10.1. The molecule has 0 aliphatic heterocycles. The second-order valence-electron chi connectivity index (χ2n) is 6.86. The number of carboxylic acids is 1. The van der Waals surface area contributed by atoms with E-state index in [0.29, 0.717) is 24.5 Å². The van der Waals surface area contributed by atoms with E-state index < -0.39 is 10.9 Å². The summed E-state index contributed by atoms with van der Waals surface area (Å²) in [6, 6.07) is 10.8. The Morgan fingerprint density at radius 1 is 1.07 bits per heavy atom. The van der Waals surface area contributed by atoms with Crippen molar-refractivity contribution in [2.24, 2.45) is 0 Å². The van der Waals surface area contributed by atoms with Crippen molar-refractivity contribution in [1.82, 2.24) is 0 Å². The van der Waals surface area contributed by atoms with Crippen molar-refractivity contribution in [3.8, 4) is 5.75 Å². The number of hydrogen-bond acceptors (Lipinski definition) is 5. The number of nitrogens with zero attached hydrogens (tertiary/aromatic N) is 1. The van der Waals surface area contributed by atoms with Gasteiger partial charge in [0.05, 0.1) is 11.5 Å². The fraction of sp³-hybridized carbons (Fsp3) is 0.409. The fourth-order valence-corrected chi connectivity index (χ4v) is 3.01. The summed E-state index contributed by atoms with van der Waals surface area (Å²) in [6.45, 7) is 4.58. The summed E-state index contributed by atoms with van der Waals surface area (Å²) >= 11 is 0. The number of benzene rings is 2. The Balaban J connectivity index is 2.10. The number of ether oxygens (including phenoxy) is 1. The second-order valence-corrected chi connectivity index (χ2v) is 6.86. The van der Waals surface area contributed by atoms with Gasteiger partial charge in [-0.15, -0.1) is 0 Å². The Hall–Kier alpha value is -3.09. The Labute approximate surface area is 170 Å². The summed E-state index contributed by atoms with van der Waals surface area (Å²) in [6.07, 6.45) is 4.02. The maximum atomic E-state index is 11.4. The van der Waals surface area contributed by atoms with Gasteiger partial charge in [-0.1, -0.05) is 19.9 Å². The first-order chi connectivity index (χ1) is 13.9. The van der Waals surface area contributed by atoms with Crippen LogP contribution in [0, 0.1) is 10.1 Å². The third kappa shape index (κ3) is 7.10. The molecule has 156 valence electrons. The molecular formula is C22H28N2O5. The van der Waals surface area contributed by atoms with Gasteiger partial charge in [0.1, 0.15) is 11.4 Å². The second kappa shape index (κ2) is 11.0. The number of aliphatic carboxylic acids is 1. The molecule has 0 spiro atoms. The molecule has 0 aliphatic rings. The monoisotopic (exact) mass is 400 g/mol. The lowest BCUT2D eigenvalue weighted by molar-refractivity contribution is -0.383. The highest BCUT2D eigenvalue weighted by Crippen LogP contribution is 2.32. The van der Waals surface area contributed by atoms with Crippen molar-refractivity contribution in [2.75, 3.05) is 11.9 Å². The highest BCUT2D eigenvalue weighted by atomic mass is 16.6. The first-order valence-corrected chi connectivity index (χ1v) is 9.95. The summed E-state index contributed by atoms with van der Waals surface area (Å²) < 4.78 is 5.71. The number of rotatable bonds is 12. The molecule has 2 aromatic rings. The lowest BCUT2D eigenvalue weighted by Crippen LogP contribution is -2.02. The van der Waals surface area contributed by atoms with Crippen LogP contribution in [-0.4, -0.2) is 22.6 Å². The zero-order valence-corrected chi connectivity index (χ0v) is 16.9. The Kier molecular flexibility index (Phi) is 8.45. The van der Waals surface area contributed by atoms with Crippen LogP contribution in [0.25, 0.3) is 0 Å². The summed E-state index contributed by atoms with van der Waals surface area (Å²) in [5, 5.41) is 23.3. The van der Waals surface area contributed by atoms with Gasteiger partial charge >= 0.3 is 5.97 Å². The summed E-state index contributed by atoms with van der Waals surface area (Å²) in [5.41, 5.74) is 3.52. The van der Waals surface area contributed by atoms with Crippen LogP contribution in [0.2, 0.25) is 0 Å². The van der Waals surface area contributed by atoms with Gasteiger partial charge in [-0.3, -0.25) is 14.9 Å². The fourth-order valence-electron chi connectivity index (χ4n) is 3.01. The highest BCUT2D eigenvalue weighted by Gasteiger charge is 2.15. The maximum Gasteiger partial charge on any atom is 0.303 e. The molecule has 2 rings (SSSR count). The van der Waals surface area contributed by atoms with E-state index in [0.717, 1.165) is 31.4 Å². The standard InChI is InChI=1S/C22H28N2O5/c1-3-16-12-17(4-2)14-18(13-16)23-20-15-19(9-10-21(20)24(27)28)29-11-7-5-6-8-22(25)26/h9-10,12-15,23H,3-8,11H2,1-2H3,(H,25,26). The SMILES string of the molecule is CCc1cc(CC)cc(Nc2cc(OCCCCCC(=O)O)ccc2[N+](=O)[O-])c1. The summed E-state index contributed by atoms with van der Waals surface area (Å²) in [4.78, 5) is 21.5. The topological polar surface area (TPSA) is 102 Å². The number of anilines is 2. The molecule has 0 bridgehead atoms. The minimum Gasteiger partial charge on any atom is -0.494 e. The van der Waals surface area contributed by atoms with E-state index in [1.807, 2.05) is 12.1 Å². The molecule has 0 heterocycles. The Morgan fingerprint density at radius 2 is 1.76 bits per heavy atom. The number of unbranched alkanes of at least 4 members (excludes halogenated alkanes) is 2. The van der Waals surface area contributed by atoms with Crippen molar-refractivity contribution in [3.05, 3.63) is 57.6 Å². The van der Waals surface area contributed by atoms with Crippen LogP contribution < -0.4 is 10.1 Å². The molecule has 0 atom stereocenters. The minimum atomic E-state index is -0.796. The first-order valence-electron chi connectivity index (χ1n) is 9.95. The molecule has 0 unspecified atom stereocenters. The van der Waals surface area contributed by atoms with Crippen molar-refractivity contribution < 1.29 is 19.6 Å². The first kappa shape index (κ1) is 22.2. The smallest absolute Gasteiger partial charge is 0.303 e. The van der Waals surface area contributed by atoms with Crippen molar-refractivity contribution in [3.63, 3.8) is 0 Å². The van der Waals surface area contributed by atoms with E-state index in [-0.39, 0.29) is 12.1 Å². The van der Waals surface area contributed by atoms with Gasteiger partial charge in [0.15, 0.2) is 0 Å². The van der Waals surface area contributed by atoms with Crippen LogP contribution in [0.4, 0.5) is 17.1 Å². The predicted molar refractivity (Wildman–Crippen MR) is 113 cm³/mol.